The van der Waals surface area contributed by atoms with Crippen LogP contribution in [-0.2, 0) is 14.1 Å². The molecule has 0 aliphatic heterocycles. The Bertz CT molecular complexity index is 1240. The third kappa shape index (κ3) is 4.08. The number of hydrogen-bond acceptors (Lipinski definition) is 6. The number of aryl methyl sites for hydroxylation is 2. The highest BCUT2D eigenvalue weighted by molar-refractivity contribution is 5.70. The van der Waals surface area contributed by atoms with E-state index in [1.807, 2.05) is 59.6 Å². The molecule has 9 heteroatoms. The minimum absolute atomic E-state index is 0.775. The van der Waals surface area contributed by atoms with Gasteiger partial charge in [-0.3, -0.25) is 0 Å². The van der Waals surface area contributed by atoms with Gasteiger partial charge in [-0.1, -0.05) is 0 Å². The van der Waals surface area contributed by atoms with Gasteiger partial charge in [0, 0.05) is 32.7 Å². The van der Waals surface area contributed by atoms with Crippen molar-refractivity contribution in [1.29, 1.82) is 0 Å². The Morgan fingerprint density at radius 2 is 1.41 bits per heavy atom. The van der Waals surface area contributed by atoms with Crippen LogP contribution in [0, 0.1) is 0 Å². The molecule has 0 aliphatic carbocycles. The predicted octanol–water partition coefficient (Wildman–Crippen LogP) is 2.89. The van der Waals surface area contributed by atoms with E-state index in [2.05, 4.69) is 34.9 Å². The zero-order valence-electron chi connectivity index (χ0n) is 16.0. The third-order valence-electron chi connectivity index (χ3n) is 4.16. The van der Waals surface area contributed by atoms with Crippen LogP contribution in [0.3, 0.4) is 0 Å². The largest absolute Gasteiger partial charge is 0.343 e. The maximum atomic E-state index is 4.14. The second kappa shape index (κ2) is 8.26. The fraction of sp³-hybridized carbons (Fsp3) is 0.100. The lowest BCUT2D eigenvalue weighted by Gasteiger charge is -1.89. The number of aromatic nitrogens is 9. The van der Waals surface area contributed by atoms with Gasteiger partial charge >= 0.3 is 0 Å². The molecule has 0 amide bonds. The van der Waals surface area contributed by atoms with Gasteiger partial charge in [-0.2, -0.15) is 0 Å². The first kappa shape index (κ1) is 18.2. The molecule has 0 saturated carbocycles. The van der Waals surface area contributed by atoms with E-state index in [1.54, 1.807) is 37.6 Å². The molecule has 1 N–H and O–H groups in total. The van der Waals surface area contributed by atoms with Crippen molar-refractivity contribution in [2.75, 3.05) is 0 Å². The maximum Gasteiger partial charge on any atom is 0.177 e. The Balaban J connectivity index is 0.000000106. The summed E-state index contributed by atoms with van der Waals surface area (Å²) in [4.78, 5) is 27.3. The number of aromatic amines is 1. The molecular weight excluding hydrogens is 366 g/mol. The van der Waals surface area contributed by atoms with E-state index < -0.39 is 0 Å². The summed E-state index contributed by atoms with van der Waals surface area (Å²) in [5.74, 6) is 0. The number of fused-ring (bicyclic) bond motifs is 3. The number of rotatable bonds is 0. The van der Waals surface area contributed by atoms with Crippen molar-refractivity contribution >= 4 is 33.5 Å². The number of nitrogens with zero attached hydrogens (tertiary/aromatic N) is 8. The van der Waals surface area contributed by atoms with Crippen LogP contribution in [0.5, 0.6) is 0 Å². The van der Waals surface area contributed by atoms with E-state index in [4.69, 9.17) is 0 Å². The van der Waals surface area contributed by atoms with Gasteiger partial charge in [0.2, 0.25) is 0 Å². The number of imidazole rings is 3. The molecule has 0 unspecified atom stereocenters. The molecule has 9 nitrogen and oxygen atoms in total. The number of nitrogens with one attached hydrogen (secondary N) is 1. The molecule has 6 rings (SSSR count). The molecule has 0 aromatic carbocycles. The fourth-order valence-electron chi connectivity index (χ4n) is 2.71. The Labute approximate surface area is 166 Å². The minimum Gasteiger partial charge on any atom is -0.343 e. The van der Waals surface area contributed by atoms with E-state index in [0.29, 0.717) is 0 Å². The average molecular weight is 385 g/mol. The molecule has 0 saturated heterocycles. The van der Waals surface area contributed by atoms with E-state index >= 15 is 0 Å². The second-order valence-corrected chi connectivity index (χ2v) is 6.18. The van der Waals surface area contributed by atoms with Crippen molar-refractivity contribution in [3.05, 3.63) is 74.0 Å². The minimum atomic E-state index is 0.775. The average Bonchev–Trinajstić information content (AvgIpc) is 3.49. The summed E-state index contributed by atoms with van der Waals surface area (Å²) in [7, 11) is 3.89. The quantitative estimate of drug-likeness (QED) is 0.431. The van der Waals surface area contributed by atoms with Crippen LogP contribution in [0.2, 0.25) is 0 Å². The van der Waals surface area contributed by atoms with Crippen LogP contribution in [0.15, 0.2) is 74.0 Å². The molecule has 0 radical (unpaired) electrons. The van der Waals surface area contributed by atoms with Gasteiger partial charge in [0.25, 0.3) is 0 Å². The van der Waals surface area contributed by atoms with Crippen LogP contribution in [0.25, 0.3) is 33.5 Å². The topological polar surface area (TPSA) is 103 Å². The lowest BCUT2D eigenvalue weighted by molar-refractivity contribution is 0.931. The van der Waals surface area contributed by atoms with Crippen molar-refractivity contribution in [2.24, 2.45) is 14.1 Å². The molecule has 0 aliphatic rings. The van der Waals surface area contributed by atoms with Gasteiger partial charge in [-0.15, -0.1) is 0 Å². The highest BCUT2D eigenvalue weighted by Crippen LogP contribution is 2.06. The summed E-state index contributed by atoms with van der Waals surface area (Å²) in [6, 6.07) is 11.5. The second-order valence-electron chi connectivity index (χ2n) is 6.18. The molecule has 29 heavy (non-hydrogen) atoms. The summed E-state index contributed by atoms with van der Waals surface area (Å²) in [5, 5.41) is 0. The first-order chi connectivity index (χ1) is 14.2. The molecule has 6 heterocycles. The SMILES string of the molecule is Cn1cnc2cccnc21.Cn1cnc2ncccc21.c1cnc2nc[nH]c2c1. The summed E-state index contributed by atoms with van der Waals surface area (Å²) < 4.78 is 3.84. The Hall–Kier alpha value is -4.14. The Morgan fingerprint density at radius 3 is 2.21 bits per heavy atom. The van der Waals surface area contributed by atoms with Gasteiger partial charge in [0.1, 0.15) is 5.52 Å². The van der Waals surface area contributed by atoms with E-state index in [1.165, 1.54) is 0 Å². The highest BCUT2D eigenvalue weighted by atomic mass is 15.1. The molecule has 6 aromatic rings. The third-order valence-corrected chi connectivity index (χ3v) is 4.16. The molecule has 0 spiro atoms. The molecule has 0 fully saturated rings. The maximum absolute atomic E-state index is 4.14. The van der Waals surface area contributed by atoms with Crippen molar-refractivity contribution in [1.82, 2.24) is 44.0 Å². The smallest absolute Gasteiger partial charge is 0.177 e. The fourth-order valence-corrected chi connectivity index (χ4v) is 2.71. The number of H-pyrrole nitrogens is 1. The molecular formula is C20H19N9. The normalized spacial score (nSPS) is 10.4. The van der Waals surface area contributed by atoms with Crippen molar-refractivity contribution in [2.45, 2.75) is 0 Å². The molecule has 0 atom stereocenters. The molecule has 144 valence electrons. The van der Waals surface area contributed by atoms with Crippen LogP contribution >= 0.6 is 0 Å². The molecule has 0 bridgehead atoms. The van der Waals surface area contributed by atoms with Crippen molar-refractivity contribution < 1.29 is 0 Å². The summed E-state index contributed by atoms with van der Waals surface area (Å²) in [5.41, 5.74) is 5.52. The standard InChI is InChI=1S/2C7H7N3.C6H5N3/c1-10-5-9-7-6(10)3-2-4-8-7;1-10-5-9-6-3-2-4-8-7(6)10;1-2-5-6(7-3-1)9-4-8-5/h2*2-5H,1H3;1-4H,(H,7,8,9). The first-order valence-electron chi connectivity index (χ1n) is 8.90. The van der Waals surface area contributed by atoms with Gasteiger partial charge in [0.15, 0.2) is 16.9 Å². The highest BCUT2D eigenvalue weighted by Gasteiger charge is 1.96. The molecule has 6 aromatic heterocycles. The summed E-state index contributed by atoms with van der Waals surface area (Å²) in [6.07, 6.45) is 10.4. The summed E-state index contributed by atoms with van der Waals surface area (Å²) >= 11 is 0. The zero-order chi connectivity index (χ0) is 20.1. The zero-order valence-corrected chi connectivity index (χ0v) is 16.0. The monoisotopic (exact) mass is 385 g/mol. The van der Waals surface area contributed by atoms with E-state index in [9.17, 15) is 0 Å². The van der Waals surface area contributed by atoms with Gasteiger partial charge in [0.05, 0.1) is 30.0 Å². The lowest BCUT2D eigenvalue weighted by atomic mass is 10.4. The van der Waals surface area contributed by atoms with Crippen molar-refractivity contribution in [3.8, 4) is 0 Å². The van der Waals surface area contributed by atoms with Crippen LogP contribution in [0.4, 0.5) is 0 Å². The van der Waals surface area contributed by atoms with Crippen LogP contribution in [0.1, 0.15) is 0 Å². The van der Waals surface area contributed by atoms with Gasteiger partial charge in [-0.05, 0) is 36.4 Å². The number of hydrogen-bond donors (Lipinski definition) is 1. The van der Waals surface area contributed by atoms with Gasteiger partial charge < -0.3 is 14.1 Å². The predicted molar refractivity (Wildman–Crippen MR) is 111 cm³/mol. The Kier molecular flexibility index (Phi) is 5.19. The van der Waals surface area contributed by atoms with E-state index in [-0.39, 0.29) is 0 Å². The van der Waals surface area contributed by atoms with E-state index in [0.717, 1.165) is 33.5 Å². The first-order valence-corrected chi connectivity index (χ1v) is 8.90. The van der Waals surface area contributed by atoms with Crippen molar-refractivity contribution in [3.63, 3.8) is 0 Å². The lowest BCUT2D eigenvalue weighted by Crippen LogP contribution is -1.85. The number of pyridine rings is 3. The van der Waals surface area contributed by atoms with Gasteiger partial charge in [-0.25, -0.2) is 29.9 Å². The van der Waals surface area contributed by atoms with Crippen LogP contribution < -0.4 is 0 Å². The van der Waals surface area contributed by atoms with Crippen LogP contribution in [-0.4, -0.2) is 44.0 Å². The summed E-state index contributed by atoms with van der Waals surface area (Å²) in [6.45, 7) is 0. The Morgan fingerprint density at radius 1 is 0.690 bits per heavy atom.